The molecule has 1 aromatic heterocycles. The van der Waals surface area contributed by atoms with E-state index in [2.05, 4.69) is 4.98 Å². The minimum atomic E-state index is -0.0226. The van der Waals surface area contributed by atoms with Crippen molar-refractivity contribution in [2.45, 2.75) is 20.3 Å². The van der Waals surface area contributed by atoms with Crippen molar-refractivity contribution in [3.8, 4) is 0 Å². The number of aromatic nitrogens is 1. The lowest BCUT2D eigenvalue weighted by molar-refractivity contribution is 0.0945. The molecule has 0 bridgehead atoms. The van der Waals surface area contributed by atoms with Gasteiger partial charge in [-0.25, -0.2) is 4.98 Å². The molecule has 0 aromatic carbocycles. The SMILES string of the molecule is Cc1nc(C)c(C(=O)C2=CCCO2)s1. The van der Waals surface area contributed by atoms with Gasteiger partial charge in [-0.15, -0.1) is 11.3 Å². The largest absolute Gasteiger partial charge is 0.489 e. The maximum Gasteiger partial charge on any atom is 0.239 e. The van der Waals surface area contributed by atoms with Crippen molar-refractivity contribution in [1.82, 2.24) is 4.98 Å². The van der Waals surface area contributed by atoms with Gasteiger partial charge in [-0.1, -0.05) is 0 Å². The zero-order valence-electron chi connectivity index (χ0n) is 8.16. The van der Waals surface area contributed by atoms with Gasteiger partial charge in [0.1, 0.15) is 4.88 Å². The average Bonchev–Trinajstić information content (AvgIpc) is 2.73. The zero-order valence-corrected chi connectivity index (χ0v) is 8.98. The molecule has 0 aliphatic carbocycles. The number of thiazole rings is 1. The number of aryl methyl sites for hydroxylation is 2. The summed E-state index contributed by atoms with van der Waals surface area (Å²) in [4.78, 5) is 16.8. The number of hydrogen-bond donors (Lipinski definition) is 0. The predicted octanol–water partition coefficient (Wildman–Crippen LogP) is 2.25. The normalized spacial score (nSPS) is 15.1. The maximum atomic E-state index is 11.9. The molecule has 0 N–H and O–H groups in total. The van der Waals surface area contributed by atoms with Crippen LogP contribution in [-0.4, -0.2) is 17.4 Å². The number of ether oxygens (including phenoxy) is 1. The van der Waals surface area contributed by atoms with E-state index in [1.807, 2.05) is 19.9 Å². The summed E-state index contributed by atoms with van der Waals surface area (Å²) in [6.45, 7) is 4.38. The van der Waals surface area contributed by atoms with Gasteiger partial charge in [-0.2, -0.15) is 0 Å². The fourth-order valence-corrected chi connectivity index (χ4v) is 2.29. The zero-order chi connectivity index (χ0) is 10.1. The summed E-state index contributed by atoms with van der Waals surface area (Å²) in [6.07, 6.45) is 2.68. The lowest BCUT2D eigenvalue weighted by atomic mass is 10.2. The number of nitrogens with zero attached hydrogens (tertiary/aromatic N) is 1. The van der Waals surface area contributed by atoms with Gasteiger partial charge >= 0.3 is 0 Å². The number of carbonyl (C=O) groups excluding carboxylic acids is 1. The summed E-state index contributed by atoms with van der Waals surface area (Å²) in [6, 6.07) is 0. The van der Waals surface area contributed by atoms with Gasteiger partial charge in [0.25, 0.3) is 0 Å². The van der Waals surface area contributed by atoms with Gasteiger partial charge in [0.2, 0.25) is 5.78 Å². The van der Waals surface area contributed by atoms with Crippen LogP contribution >= 0.6 is 11.3 Å². The molecule has 2 heterocycles. The molecule has 0 atom stereocenters. The van der Waals surface area contributed by atoms with E-state index >= 15 is 0 Å². The van der Waals surface area contributed by atoms with E-state index in [0.29, 0.717) is 17.2 Å². The summed E-state index contributed by atoms with van der Waals surface area (Å²) >= 11 is 1.43. The monoisotopic (exact) mass is 209 g/mol. The molecule has 14 heavy (non-hydrogen) atoms. The van der Waals surface area contributed by atoms with Gasteiger partial charge in [-0.3, -0.25) is 4.79 Å². The molecule has 1 aromatic rings. The Hall–Kier alpha value is -1.16. The Labute approximate surface area is 86.4 Å². The van der Waals surface area contributed by atoms with Crippen LogP contribution in [0.5, 0.6) is 0 Å². The molecule has 3 nitrogen and oxygen atoms in total. The molecular weight excluding hydrogens is 198 g/mol. The van der Waals surface area contributed by atoms with E-state index in [1.165, 1.54) is 11.3 Å². The smallest absolute Gasteiger partial charge is 0.239 e. The number of carbonyl (C=O) groups is 1. The van der Waals surface area contributed by atoms with Gasteiger partial charge in [-0.05, 0) is 19.9 Å². The quantitative estimate of drug-likeness (QED) is 0.701. The van der Waals surface area contributed by atoms with E-state index in [0.717, 1.165) is 17.1 Å². The van der Waals surface area contributed by atoms with Gasteiger partial charge < -0.3 is 4.74 Å². The fourth-order valence-electron chi connectivity index (χ4n) is 1.43. The van der Waals surface area contributed by atoms with Crippen molar-refractivity contribution < 1.29 is 9.53 Å². The van der Waals surface area contributed by atoms with Crippen LogP contribution in [0.25, 0.3) is 0 Å². The van der Waals surface area contributed by atoms with Crippen molar-refractivity contribution in [3.63, 3.8) is 0 Å². The summed E-state index contributed by atoms with van der Waals surface area (Å²) < 4.78 is 5.22. The van der Waals surface area contributed by atoms with Gasteiger partial charge in [0, 0.05) is 6.42 Å². The van der Waals surface area contributed by atoms with Crippen LogP contribution in [0.4, 0.5) is 0 Å². The Morgan fingerprint density at radius 3 is 2.86 bits per heavy atom. The first-order valence-corrected chi connectivity index (χ1v) is 5.32. The number of rotatable bonds is 2. The summed E-state index contributed by atoms with van der Waals surface area (Å²) in [7, 11) is 0. The summed E-state index contributed by atoms with van der Waals surface area (Å²) in [5.41, 5.74) is 0.800. The third-order valence-electron chi connectivity index (χ3n) is 2.04. The standard InChI is InChI=1S/C10H11NO2S/c1-6-10(14-7(2)11-6)9(12)8-4-3-5-13-8/h4H,3,5H2,1-2H3. The number of ketones is 1. The first-order chi connectivity index (χ1) is 6.68. The molecule has 1 aliphatic heterocycles. The fraction of sp³-hybridized carbons (Fsp3) is 0.400. The third-order valence-corrected chi connectivity index (χ3v) is 3.11. The van der Waals surface area contributed by atoms with E-state index in [1.54, 1.807) is 0 Å². The lowest BCUT2D eigenvalue weighted by Gasteiger charge is -2.00. The van der Waals surface area contributed by atoms with Crippen LogP contribution in [0.15, 0.2) is 11.8 Å². The highest BCUT2D eigenvalue weighted by molar-refractivity contribution is 7.13. The second-order valence-corrected chi connectivity index (χ2v) is 4.39. The van der Waals surface area contributed by atoms with Crippen molar-refractivity contribution in [2.75, 3.05) is 6.61 Å². The summed E-state index contributed by atoms with van der Waals surface area (Å²) in [5.74, 6) is 0.461. The molecule has 74 valence electrons. The second kappa shape index (κ2) is 3.53. The minimum Gasteiger partial charge on any atom is -0.489 e. The van der Waals surface area contributed by atoms with Crippen molar-refractivity contribution in [2.24, 2.45) is 0 Å². The Bertz CT molecular complexity index is 406. The molecule has 0 fully saturated rings. The number of Topliss-reactive ketones (excluding diaryl/α,β-unsaturated/α-hetero) is 1. The molecule has 1 aliphatic rings. The molecule has 0 spiro atoms. The molecule has 0 unspecified atom stereocenters. The molecule has 0 saturated carbocycles. The Balaban J connectivity index is 2.30. The van der Waals surface area contributed by atoms with E-state index in [-0.39, 0.29) is 5.78 Å². The number of hydrogen-bond acceptors (Lipinski definition) is 4. The molecule has 0 amide bonds. The van der Waals surface area contributed by atoms with E-state index < -0.39 is 0 Å². The molecule has 2 rings (SSSR count). The van der Waals surface area contributed by atoms with Crippen molar-refractivity contribution in [3.05, 3.63) is 27.4 Å². The van der Waals surface area contributed by atoms with E-state index in [9.17, 15) is 4.79 Å². The summed E-state index contributed by atoms with van der Waals surface area (Å²) in [5, 5.41) is 0.921. The van der Waals surface area contributed by atoms with Crippen LogP contribution < -0.4 is 0 Å². The van der Waals surface area contributed by atoms with Crippen LogP contribution in [0.1, 0.15) is 26.8 Å². The molecule has 0 radical (unpaired) electrons. The third kappa shape index (κ3) is 1.57. The minimum absolute atomic E-state index is 0.0226. The van der Waals surface area contributed by atoms with Crippen LogP contribution in [0.2, 0.25) is 0 Å². The van der Waals surface area contributed by atoms with Crippen LogP contribution in [-0.2, 0) is 4.74 Å². The topological polar surface area (TPSA) is 39.2 Å². The van der Waals surface area contributed by atoms with Gasteiger partial charge in [0.05, 0.1) is 17.3 Å². The molecule has 0 saturated heterocycles. The van der Waals surface area contributed by atoms with Crippen molar-refractivity contribution in [1.29, 1.82) is 0 Å². The maximum absolute atomic E-state index is 11.9. The second-order valence-electron chi connectivity index (χ2n) is 3.18. The Kier molecular flexibility index (Phi) is 2.37. The van der Waals surface area contributed by atoms with E-state index in [4.69, 9.17) is 4.74 Å². The first kappa shape index (κ1) is 9.40. The van der Waals surface area contributed by atoms with Crippen LogP contribution in [0.3, 0.4) is 0 Å². The number of allylic oxidation sites excluding steroid dienone is 1. The highest BCUT2D eigenvalue weighted by Gasteiger charge is 2.21. The molecule has 4 heteroatoms. The lowest BCUT2D eigenvalue weighted by Crippen LogP contribution is -2.03. The van der Waals surface area contributed by atoms with Gasteiger partial charge in [0.15, 0.2) is 5.76 Å². The molecular formula is C10H11NO2S. The average molecular weight is 209 g/mol. The Morgan fingerprint density at radius 1 is 1.57 bits per heavy atom. The predicted molar refractivity (Wildman–Crippen MR) is 54.6 cm³/mol. The van der Waals surface area contributed by atoms with Crippen LogP contribution in [0, 0.1) is 13.8 Å². The highest BCUT2D eigenvalue weighted by atomic mass is 32.1. The first-order valence-electron chi connectivity index (χ1n) is 4.50. The Morgan fingerprint density at radius 2 is 2.36 bits per heavy atom. The van der Waals surface area contributed by atoms with Crippen molar-refractivity contribution >= 4 is 17.1 Å². The highest BCUT2D eigenvalue weighted by Crippen LogP contribution is 2.23.